The van der Waals surface area contributed by atoms with E-state index in [1.54, 1.807) is 6.08 Å². The SMILES string of the molecule is CC.CC/C(C)=C\C#N. The van der Waals surface area contributed by atoms with Gasteiger partial charge in [0, 0.05) is 6.08 Å². The lowest BCUT2D eigenvalue weighted by atomic mass is 10.2. The molecule has 0 aliphatic carbocycles. The number of rotatable bonds is 1. The Morgan fingerprint density at radius 3 is 2.11 bits per heavy atom. The molecule has 1 heteroatoms. The van der Waals surface area contributed by atoms with Crippen LogP contribution in [0.3, 0.4) is 0 Å². The van der Waals surface area contributed by atoms with Crippen LogP contribution in [0.2, 0.25) is 0 Å². The maximum absolute atomic E-state index is 8.04. The molecule has 0 rings (SSSR count). The lowest BCUT2D eigenvalue weighted by molar-refractivity contribution is 1.10. The van der Waals surface area contributed by atoms with Gasteiger partial charge in [-0.15, -0.1) is 0 Å². The van der Waals surface area contributed by atoms with E-state index in [-0.39, 0.29) is 0 Å². The summed E-state index contributed by atoms with van der Waals surface area (Å²) in [5.41, 5.74) is 1.14. The minimum absolute atomic E-state index is 0.980. The van der Waals surface area contributed by atoms with Crippen molar-refractivity contribution in [3.8, 4) is 6.07 Å². The molecule has 0 aromatic carbocycles. The number of nitriles is 1. The minimum Gasteiger partial charge on any atom is -0.193 e. The summed E-state index contributed by atoms with van der Waals surface area (Å²) in [6.45, 7) is 7.98. The Morgan fingerprint density at radius 2 is 2.00 bits per heavy atom. The molecule has 0 bridgehead atoms. The lowest BCUT2D eigenvalue weighted by Crippen LogP contribution is -1.65. The fraction of sp³-hybridized carbons (Fsp3) is 0.625. The summed E-state index contributed by atoms with van der Waals surface area (Å²) < 4.78 is 0. The van der Waals surface area contributed by atoms with E-state index in [1.807, 2.05) is 33.8 Å². The molecule has 0 aliphatic rings. The van der Waals surface area contributed by atoms with Crippen molar-refractivity contribution < 1.29 is 0 Å². The smallest absolute Gasteiger partial charge is 0.0911 e. The molecule has 0 unspecified atom stereocenters. The van der Waals surface area contributed by atoms with Gasteiger partial charge in [0.1, 0.15) is 0 Å². The molecule has 52 valence electrons. The third-order valence-electron chi connectivity index (χ3n) is 0.869. The average Bonchev–Trinajstić information content (AvgIpc) is 1.93. The summed E-state index contributed by atoms with van der Waals surface area (Å²) in [4.78, 5) is 0. The molecule has 0 amide bonds. The summed E-state index contributed by atoms with van der Waals surface area (Å²) in [6, 6.07) is 1.96. The van der Waals surface area contributed by atoms with Gasteiger partial charge in [-0.2, -0.15) is 5.26 Å². The van der Waals surface area contributed by atoms with Gasteiger partial charge in [-0.05, 0) is 13.3 Å². The van der Waals surface area contributed by atoms with Crippen molar-refractivity contribution in [2.24, 2.45) is 0 Å². The van der Waals surface area contributed by atoms with Crippen LogP contribution in [0.15, 0.2) is 11.6 Å². The second-order valence-electron chi connectivity index (χ2n) is 1.47. The maximum Gasteiger partial charge on any atom is 0.0911 e. The third kappa shape index (κ3) is 11.1. The van der Waals surface area contributed by atoms with E-state index in [0.717, 1.165) is 12.0 Å². The zero-order chi connectivity index (χ0) is 7.70. The Kier molecular flexibility index (Phi) is 12.6. The summed E-state index contributed by atoms with van der Waals surface area (Å²) in [7, 11) is 0. The third-order valence-corrected chi connectivity index (χ3v) is 0.869. The van der Waals surface area contributed by atoms with Crippen LogP contribution in [0.25, 0.3) is 0 Å². The van der Waals surface area contributed by atoms with Gasteiger partial charge in [-0.3, -0.25) is 0 Å². The quantitative estimate of drug-likeness (QED) is 0.494. The van der Waals surface area contributed by atoms with Gasteiger partial charge in [0.05, 0.1) is 6.07 Å². The Bertz CT molecular complexity index is 106. The molecule has 0 heterocycles. The fourth-order valence-corrected chi connectivity index (χ4v) is 0.212. The van der Waals surface area contributed by atoms with Crippen LogP contribution in [-0.2, 0) is 0 Å². The van der Waals surface area contributed by atoms with E-state index in [4.69, 9.17) is 5.26 Å². The molecule has 0 aliphatic heterocycles. The van der Waals surface area contributed by atoms with Crippen molar-refractivity contribution in [2.75, 3.05) is 0 Å². The van der Waals surface area contributed by atoms with Gasteiger partial charge >= 0.3 is 0 Å². The Morgan fingerprint density at radius 1 is 1.56 bits per heavy atom. The molecule has 0 aromatic rings. The minimum atomic E-state index is 0.980. The molecular formula is C8H15N. The van der Waals surface area contributed by atoms with Gasteiger partial charge in [0.2, 0.25) is 0 Å². The highest BCUT2D eigenvalue weighted by atomic mass is 14.2. The van der Waals surface area contributed by atoms with Crippen molar-refractivity contribution in [3.63, 3.8) is 0 Å². The predicted octanol–water partition coefficient (Wildman–Crippen LogP) is 2.89. The topological polar surface area (TPSA) is 23.8 Å². The zero-order valence-corrected chi connectivity index (χ0v) is 6.73. The predicted molar refractivity (Wildman–Crippen MR) is 41.0 cm³/mol. The number of hydrogen-bond acceptors (Lipinski definition) is 1. The maximum atomic E-state index is 8.04. The molecule has 0 aromatic heterocycles. The van der Waals surface area contributed by atoms with Crippen LogP contribution >= 0.6 is 0 Å². The molecule has 1 nitrogen and oxygen atoms in total. The van der Waals surface area contributed by atoms with Gasteiger partial charge in [-0.25, -0.2) is 0 Å². The molecule has 0 radical (unpaired) electrons. The first kappa shape index (κ1) is 11.1. The van der Waals surface area contributed by atoms with Gasteiger partial charge in [-0.1, -0.05) is 26.3 Å². The fourth-order valence-electron chi connectivity index (χ4n) is 0.212. The average molecular weight is 125 g/mol. The highest BCUT2D eigenvalue weighted by Crippen LogP contribution is 1.94. The normalized spacial score (nSPS) is 9.00. The van der Waals surface area contributed by atoms with Gasteiger partial charge in [0.25, 0.3) is 0 Å². The van der Waals surface area contributed by atoms with Crippen molar-refractivity contribution >= 4 is 0 Å². The van der Waals surface area contributed by atoms with Crippen LogP contribution in [0.4, 0.5) is 0 Å². The van der Waals surface area contributed by atoms with Crippen molar-refractivity contribution in [2.45, 2.75) is 34.1 Å². The standard InChI is InChI=1S/C6H9N.C2H6/c1-3-6(2)4-5-7;1-2/h4H,3H2,1-2H3;1-2H3/b6-4-;. The van der Waals surface area contributed by atoms with E-state index in [2.05, 4.69) is 0 Å². The van der Waals surface area contributed by atoms with E-state index < -0.39 is 0 Å². The highest BCUT2D eigenvalue weighted by Gasteiger charge is 1.76. The number of nitrogens with zero attached hydrogens (tertiary/aromatic N) is 1. The Hall–Kier alpha value is -0.770. The summed E-state index contributed by atoms with van der Waals surface area (Å²) in [5.74, 6) is 0. The summed E-state index contributed by atoms with van der Waals surface area (Å²) in [5, 5.41) is 8.04. The van der Waals surface area contributed by atoms with Crippen LogP contribution in [0.5, 0.6) is 0 Å². The summed E-state index contributed by atoms with van der Waals surface area (Å²) >= 11 is 0. The van der Waals surface area contributed by atoms with Gasteiger partial charge in [0.15, 0.2) is 0 Å². The van der Waals surface area contributed by atoms with Crippen LogP contribution in [0, 0.1) is 11.3 Å². The van der Waals surface area contributed by atoms with Gasteiger partial charge < -0.3 is 0 Å². The molecule has 0 saturated heterocycles. The first-order valence-electron chi connectivity index (χ1n) is 3.36. The first-order chi connectivity index (χ1) is 4.31. The number of allylic oxidation sites excluding steroid dienone is 2. The molecule has 0 atom stereocenters. The van der Waals surface area contributed by atoms with Crippen LogP contribution in [0.1, 0.15) is 34.1 Å². The van der Waals surface area contributed by atoms with Crippen molar-refractivity contribution in [1.82, 2.24) is 0 Å². The Labute approximate surface area is 58.0 Å². The molecule has 0 N–H and O–H groups in total. The molecule has 0 spiro atoms. The number of hydrogen-bond donors (Lipinski definition) is 0. The molecule has 0 saturated carbocycles. The Balaban J connectivity index is 0. The molecule has 9 heavy (non-hydrogen) atoms. The van der Waals surface area contributed by atoms with Crippen LogP contribution < -0.4 is 0 Å². The largest absolute Gasteiger partial charge is 0.193 e. The van der Waals surface area contributed by atoms with E-state index >= 15 is 0 Å². The summed E-state index contributed by atoms with van der Waals surface area (Å²) in [6.07, 6.45) is 2.55. The molecule has 0 fully saturated rings. The van der Waals surface area contributed by atoms with E-state index in [0.29, 0.717) is 0 Å². The van der Waals surface area contributed by atoms with Crippen LogP contribution in [-0.4, -0.2) is 0 Å². The second kappa shape index (κ2) is 10.3. The zero-order valence-electron chi connectivity index (χ0n) is 6.73. The molecular weight excluding hydrogens is 110 g/mol. The van der Waals surface area contributed by atoms with Crippen molar-refractivity contribution in [1.29, 1.82) is 5.26 Å². The first-order valence-corrected chi connectivity index (χ1v) is 3.36. The lowest BCUT2D eigenvalue weighted by Gasteiger charge is -1.83. The van der Waals surface area contributed by atoms with Crippen molar-refractivity contribution in [3.05, 3.63) is 11.6 Å². The second-order valence-corrected chi connectivity index (χ2v) is 1.47. The monoisotopic (exact) mass is 125 g/mol. The van der Waals surface area contributed by atoms with E-state index in [9.17, 15) is 0 Å². The highest BCUT2D eigenvalue weighted by molar-refractivity contribution is 5.10. The van der Waals surface area contributed by atoms with E-state index in [1.165, 1.54) is 0 Å².